The maximum atomic E-state index is 13.4. The number of carbonyl (C=O) groups is 4. The molecule has 3 aliphatic heterocycles. The normalized spacial score (nSPS) is 16.9. The van der Waals surface area contributed by atoms with E-state index in [0.717, 1.165) is 63.4 Å². The standard InChI is InChI=1S/C46H44N8O5S/c47-43-41-42(31-14-16-34(17-15-31)59-33-5-2-1-3-6-33)51-54(44(41)49-28-48-43)32-21-24-52(25-22-32)40(56)20-13-29-9-11-30(12-10-29)23-26-60-38-8-4-7-35-36(38)27-53(46(35)58)37-18-19-39(55)50-45(37)57/h1-12,14-17,28,32,37H,13,18-27H2,(H2,47,48,49)(H,50,55,57). The summed E-state index contributed by atoms with van der Waals surface area (Å²) in [4.78, 5) is 64.2. The van der Waals surface area contributed by atoms with Crippen LogP contribution in [-0.4, -0.2) is 78.1 Å². The molecule has 0 radical (unpaired) electrons. The van der Waals surface area contributed by atoms with Crippen LogP contribution in [0.25, 0.3) is 22.3 Å². The van der Waals surface area contributed by atoms with E-state index in [0.29, 0.717) is 61.7 Å². The van der Waals surface area contributed by atoms with E-state index >= 15 is 0 Å². The number of nitrogens with zero attached hydrogens (tertiary/aromatic N) is 6. The van der Waals surface area contributed by atoms with E-state index in [2.05, 4.69) is 39.6 Å². The molecular formula is C46H44N8O5S. The molecule has 14 heteroatoms. The first kappa shape index (κ1) is 38.9. The van der Waals surface area contributed by atoms with Gasteiger partial charge in [0.1, 0.15) is 35.4 Å². The Labute approximate surface area is 351 Å². The van der Waals surface area contributed by atoms with Crippen molar-refractivity contribution in [1.29, 1.82) is 0 Å². The summed E-state index contributed by atoms with van der Waals surface area (Å²) in [7, 11) is 0. The van der Waals surface area contributed by atoms with Gasteiger partial charge in [0.2, 0.25) is 17.7 Å². The number of imide groups is 1. The average Bonchev–Trinajstić information content (AvgIpc) is 3.83. The number of nitrogens with one attached hydrogen (secondary N) is 1. The van der Waals surface area contributed by atoms with Crippen LogP contribution in [0.15, 0.2) is 108 Å². The number of para-hydroxylation sites is 1. The molecule has 1 unspecified atom stereocenters. The van der Waals surface area contributed by atoms with E-state index in [1.807, 2.05) is 82.4 Å². The van der Waals surface area contributed by atoms with E-state index in [1.54, 1.807) is 16.7 Å². The first-order chi connectivity index (χ1) is 29.3. The molecule has 304 valence electrons. The SMILES string of the molecule is Nc1ncnc2c1c(-c1ccc(Oc3ccccc3)cc1)nn2C1CCN(C(=O)CCc2ccc(CCSc3cccc4c3CN(C3CCC(=O)NC3=O)C4=O)cc2)CC1. The zero-order valence-corrected chi connectivity index (χ0v) is 33.8. The highest BCUT2D eigenvalue weighted by molar-refractivity contribution is 7.99. The average molecular weight is 821 g/mol. The molecule has 2 fully saturated rings. The molecule has 0 aliphatic carbocycles. The fraction of sp³-hybridized carbons (Fsp3) is 0.283. The first-order valence-electron chi connectivity index (χ1n) is 20.4. The largest absolute Gasteiger partial charge is 0.457 e. The Morgan fingerprint density at radius 1 is 0.833 bits per heavy atom. The molecule has 0 saturated carbocycles. The number of thioether (sulfide) groups is 1. The van der Waals surface area contributed by atoms with E-state index in [-0.39, 0.29) is 30.2 Å². The van der Waals surface area contributed by atoms with Crippen LogP contribution < -0.4 is 15.8 Å². The molecule has 5 heterocycles. The van der Waals surface area contributed by atoms with Crippen molar-refractivity contribution < 1.29 is 23.9 Å². The van der Waals surface area contributed by atoms with Crippen LogP contribution in [-0.2, 0) is 33.8 Å². The summed E-state index contributed by atoms with van der Waals surface area (Å²) in [6.45, 7) is 1.64. The van der Waals surface area contributed by atoms with Gasteiger partial charge in [0, 0.05) is 54.3 Å². The summed E-state index contributed by atoms with van der Waals surface area (Å²) >= 11 is 1.70. The molecular weight excluding hydrogens is 777 g/mol. The van der Waals surface area contributed by atoms with Crippen LogP contribution in [0, 0.1) is 0 Å². The Kier molecular flexibility index (Phi) is 11.0. The van der Waals surface area contributed by atoms with Gasteiger partial charge in [-0.3, -0.25) is 24.5 Å². The molecule has 3 aliphatic rings. The van der Waals surface area contributed by atoms with Gasteiger partial charge in [0.25, 0.3) is 5.91 Å². The Balaban J connectivity index is 0.759. The van der Waals surface area contributed by atoms with Crippen LogP contribution in [0.1, 0.15) is 65.2 Å². The lowest BCUT2D eigenvalue weighted by molar-refractivity contribution is -0.137. The minimum Gasteiger partial charge on any atom is -0.457 e. The van der Waals surface area contributed by atoms with E-state index < -0.39 is 11.9 Å². The number of anilines is 1. The van der Waals surface area contributed by atoms with Crippen molar-refractivity contribution in [2.75, 3.05) is 24.6 Å². The zero-order valence-electron chi connectivity index (χ0n) is 33.0. The number of aryl methyl sites for hydroxylation is 2. The Hall–Kier alpha value is -6.54. The maximum absolute atomic E-state index is 13.4. The van der Waals surface area contributed by atoms with Crippen molar-refractivity contribution >= 4 is 52.2 Å². The van der Waals surface area contributed by atoms with Crippen molar-refractivity contribution in [3.8, 4) is 22.8 Å². The number of carbonyl (C=O) groups excluding carboxylic acids is 4. The number of nitrogens with two attached hydrogens (primary N) is 1. The molecule has 60 heavy (non-hydrogen) atoms. The number of piperidine rings is 2. The van der Waals surface area contributed by atoms with Crippen LogP contribution in [0.3, 0.4) is 0 Å². The zero-order chi connectivity index (χ0) is 41.2. The first-order valence-corrected chi connectivity index (χ1v) is 21.3. The molecule has 3 N–H and O–H groups in total. The number of amides is 4. The molecule has 4 amide bonds. The summed E-state index contributed by atoms with van der Waals surface area (Å²) in [5.74, 6) is 1.97. The number of hydrogen-bond acceptors (Lipinski definition) is 10. The van der Waals surface area contributed by atoms with Gasteiger partial charge in [-0.05, 0) is 97.3 Å². The lowest BCUT2D eigenvalue weighted by Gasteiger charge is -2.32. The van der Waals surface area contributed by atoms with Crippen molar-refractivity contribution in [1.82, 2.24) is 34.9 Å². The second-order valence-electron chi connectivity index (χ2n) is 15.4. The second kappa shape index (κ2) is 17.0. The van der Waals surface area contributed by atoms with Crippen LogP contribution in [0.4, 0.5) is 5.82 Å². The van der Waals surface area contributed by atoms with Gasteiger partial charge in [-0.2, -0.15) is 5.10 Å². The van der Waals surface area contributed by atoms with Crippen molar-refractivity contribution in [3.63, 3.8) is 0 Å². The van der Waals surface area contributed by atoms with E-state index in [1.165, 1.54) is 11.9 Å². The minimum atomic E-state index is -0.626. The monoisotopic (exact) mass is 820 g/mol. The number of benzene rings is 4. The lowest BCUT2D eigenvalue weighted by atomic mass is 10.0. The molecule has 6 aromatic rings. The number of hydrogen-bond donors (Lipinski definition) is 2. The van der Waals surface area contributed by atoms with E-state index in [4.69, 9.17) is 15.6 Å². The van der Waals surface area contributed by atoms with Crippen LogP contribution >= 0.6 is 11.8 Å². The van der Waals surface area contributed by atoms with Crippen LogP contribution in [0.2, 0.25) is 0 Å². The third kappa shape index (κ3) is 8.07. The molecule has 0 spiro atoms. The number of fused-ring (bicyclic) bond motifs is 2. The van der Waals surface area contributed by atoms with Crippen LogP contribution in [0.5, 0.6) is 11.5 Å². The third-order valence-corrected chi connectivity index (χ3v) is 12.7. The number of likely N-dealkylation sites (tertiary alicyclic amines) is 1. The fourth-order valence-electron chi connectivity index (χ4n) is 8.37. The Morgan fingerprint density at radius 2 is 1.57 bits per heavy atom. The Morgan fingerprint density at radius 3 is 2.32 bits per heavy atom. The number of aromatic nitrogens is 4. The topological polar surface area (TPSA) is 166 Å². The van der Waals surface area contributed by atoms with Gasteiger partial charge in [0.05, 0.1) is 11.4 Å². The quantitative estimate of drug-likeness (QED) is 0.0996. The van der Waals surface area contributed by atoms with Gasteiger partial charge in [-0.1, -0.05) is 48.5 Å². The van der Waals surface area contributed by atoms with Crippen molar-refractivity contribution in [2.24, 2.45) is 0 Å². The maximum Gasteiger partial charge on any atom is 0.255 e. The summed E-state index contributed by atoms with van der Waals surface area (Å²) in [5.41, 5.74) is 12.6. The fourth-order valence-corrected chi connectivity index (χ4v) is 9.45. The molecule has 0 bridgehead atoms. The van der Waals surface area contributed by atoms with Gasteiger partial charge in [-0.15, -0.1) is 11.8 Å². The van der Waals surface area contributed by atoms with Gasteiger partial charge < -0.3 is 20.3 Å². The van der Waals surface area contributed by atoms with Gasteiger partial charge >= 0.3 is 0 Å². The molecule has 2 saturated heterocycles. The summed E-state index contributed by atoms with van der Waals surface area (Å²) in [6.07, 6.45) is 5.51. The highest BCUT2D eigenvalue weighted by atomic mass is 32.2. The number of ether oxygens (including phenoxy) is 1. The van der Waals surface area contributed by atoms with E-state index in [9.17, 15) is 19.2 Å². The highest BCUT2D eigenvalue weighted by Gasteiger charge is 2.40. The molecule has 4 aromatic carbocycles. The third-order valence-electron chi connectivity index (χ3n) is 11.6. The molecule has 1 atom stereocenters. The number of rotatable bonds is 12. The molecule has 2 aromatic heterocycles. The lowest BCUT2D eigenvalue weighted by Crippen LogP contribution is -2.52. The summed E-state index contributed by atoms with van der Waals surface area (Å²) in [6, 6.07) is 31.0. The molecule has 9 rings (SSSR count). The predicted octanol–water partition coefficient (Wildman–Crippen LogP) is 6.76. The predicted molar refractivity (Wildman–Crippen MR) is 228 cm³/mol. The molecule has 13 nitrogen and oxygen atoms in total. The smallest absolute Gasteiger partial charge is 0.255 e. The second-order valence-corrected chi connectivity index (χ2v) is 16.5. The van der Waals surface area contributed by atoms with Crippen molar-refractivity contribution in [2.45, 2.75) is 68.5 Å². The minimum absolute atomic E-state index is 0.0591. The Bertz CT molecular complexity index is 2570. The van der Waals surface area contributed by atoms with Gasteiger partial charge in [0.15, 0.2) is 5.65 Å². The van der Waals surface area contributed by atoms with Gasteiger partial charge in [-0.25, -0.2) is 14.6 Å². The summed E-state index contributed by atoms with van der Waals surface area (Å²) in [5, 5.41) is 8.12. The van der Waals surface area contributed by atoms with Crippen molar-refractivity contribution in [3.05, 3.63) is 126 Å². The highest BCUT2D eigenvalue weighted by Crippen LogP contribution is 2.37. The summed E-state index contributed by atoms with van der Waals surface area (Å²) < 4.78 is 7.95. The number of nitrogen functional groups attached to an aromatic ring is 1.